The molecule has 2 aromatic heterocycles. The standard InChI is InChI=1S/C26H26N4O/c31-26(24-10-2-1-8-22(24)19-30-16-6-14-28-30)29-15-5-7-20(18-29)17-21-9-3-12-25-23(21)11-4-13-27-25/h1-4,6,8-14,16,20H,5,7,15,17-19H2. The third-order valence-corrected chi connectivity index (χ3v) is 6.19. The number of amides is 1. The Balaban J connectivity index is 1.33. The van der Waals surface area contributed by atoms with Gasteiger partial charge in [-0.2, -0.15) is 5.10 Å². The topological polar surface area (TPSA) is 51.0 Å². The lowest BCUT2D eigenvalue weighted by Crippen LogP contribution is -2.41. The normalized spacial score (nSPS) is 16.5. The molecule has 1 aliphatic heterocycles. The zero-order valence-corrected chi connectivity index (χ0v) is 17.5. The molecule has 0 spiro atoms. The maximum atomic E-state index is 13.4. The van der Waals surface area contributed by atoms with Crippen molar-refractivity contribution in [2.75, 3.05) is 13.1 Å². The van der Waals surface area contributed by atoms with Crippen LogP contribution in [0.3, 0.4) is 0 Å². The Labute approximate surface area is 182 Å². The number of benzene rings is 2. The van der Waals surface area contributed by atoms with E-state index in [1.807, 2.05) is 58.4 Å². The van der Waals surface area contributed by atoms with Crippen molar-refractivity contribution in [1.29, 1.82) is 0 Å². The highest BCUT2D eigenvalue weighted by atomic mass is 16.2. The van der Waals surface area contributed by atoms with Gasteiger partial charge < -0.3 is 4.90 Å². The minimum Gasteiger partial charge on any atom is -0.338 e. The van der Waals surface area contributed by atoms with E-state index in [1.165, 1.54) is 10.9 Å². The molecule has 5 heteroatoms. The molecule has 4 aromatic rings. The third-order valence-electron chi connectivity index (χ3n) is 6.19. The zero-order chi connectivity index (χ0) is 21.0. The van der Waals surface area contributed by atoms with Gasteiger partial charge in [0.2, 0.25) is 0 Å². The molecule has 0 saturated carbocycles. The Morgan fingerprint density at radius 2 is 1.87 bits per heavy atom. The van der Waals surface area contributed by atoms with Crippen molar-refractivity contribution < 1.29 is 4.79 Å². The van der Waals surface area contributed by atoms with Crippen LogP contribution in [0.2, 0.25) is 0 Å². The Bertz CT molecular complexity index is 1180. The van der Waals surface area contributed by atoms with Crippen LogP contribution in [0, 0.1) is 5.92 Å². The van der Waals surface area contributed by atoms with Crippen LogP contribution < -0.4 is 0 Å². The fraction of sp³-hybridized carbons (Fsp3) is 0.269. The van der Waals surface area contributed by atoms with E-state index in [2.05, 4.69) is 34.3 Å². The molecule has 5 rings (SSSR count). The summed E-state index contributed by atoms with van der Waals surface area (Å²) < 4.78 is 1.86. The number of rotatable bonds is 5. The summed E-state index contributed by atoms with van der Waals surface area (Å²) >= 11 is 0. The van der Waals surface area contributed by atoms with Crippen molar-refractivity contribution >= 4 is 16.8 Å². The highest BCUT2D eigenvalue weighted by Crippen LogP contribution is 2.26. The molecule has 1 amide bonds. The first-order chi connectivity index (χ1) is 15.3. The Kier molecular flexibility index (Phi) is 5.48. The Hall–Kier alpha value is -3.47. The average molecular weight is 411 g/mol. The molecule has 0 aliphatic carbocycles. The van der Waals surface area contributed by atoms with Crippen molar-refractivity contribution in [3.63, 3.8) is 0 Å². The predicted molar refractivity (Wildman–Crippen MR) is 122 cm³/mol. The number of aromatic nitrogens is 3. The highest BCUT2D eigenvalue weighted by Gasteiger charge is 2.26. The zero-order valence-electron chi connectivity index (χ0n) is 17.5. The average Bonchev–Trinajstić information content (AvgIpc) is 3.33. The van der Waals surface area contributed by atoms with Crippen LogP contribution in [0.15, 0.2) is 79.3 Å². The van der Waals surface area contributed by atoms with Gasteiger partial charge >= 0.3 is 0 Å². The molecule has 1 unspecified atom stereocenters. The molecule has 1 aliphatic rings. The molecule has 0 bridgehead atoms. The monoisotopic (exact) mass is 410 g/mol. The summed E-state index contributed by atoms with van der Waals surface area (Å²) in [5.74, 6) is 0.592. The molecule has 0 radical (unpaired) electrons. The molecule has 1 saturated heterocycles. The molecule has 1 atom stereocenters. The van der Waals surface area contributed by atoms with Gasteiger partial charge in [0, 0.05) is 42.6 Å². The van der Waals surface area contributed by atoms with Crippen molar-refractivity contribution in [2.45, 2.75) is 25.8 Å². The summed E-state index contributed by atoms with van der Waals surface area (Å²) in [7, 11) is 0. The molecular formula is C26H26N4O. The van der Waals surface area contributed by atoms with Gasteiger partial charge in [-0.3, -0.25) is 14.5 Å². The number of pyridine rings is 1. The number of nitrogens with zero attached hydrogens (tertiary/aromatic N) is 4. The minimum absolute atomic E-state index is 0.132. The summed E-state index contributed by atoms with van der Waals surface area (Å²) in [6.07, 6.45) is 8.70. The summed E-state index contributed by atoms with van der Waals surface area (Å²) in [5.41, 5.74) is 4.16. The predicted octanol–water partition coefficient (Wildman–Crippen LogP) is 4.57. The van der Waals surface area contributed by atoms with Gasteiger partial charge in [0.05, 0.1) is 12.1 Å². The van der Waals surface area contributed by atoms with Gasteiger partial charge in [0.1, 0.15) is 0 Å². The van der Waals surface area contributed by atoms with Crippen LogP contribution in [0.25, 0.3) is 10.9 Å². The third kappa shape index (κ3) is 4.22. The second-order valence-electron chi connectivity index (χ2n) is 8.31. The van der Waals surface area contributed by atoms with Crippen molar-refractivity contribution in [2.24, 2.45) is 5.92 Å². The lowest BCUT2D eigenvalue weighted by molar-refractivity contribution is 0.0672. The second kappa shape index (κ2) is 8.72. The lowest BCUT2D eigenvalue weighted by Gasteiger charge is -2.33. The fourth-order valence-corrected chi connectivity index (χ4v) is 4.68. The maximum Gasteiger partial charge on any atom is 0.254 e. The van der Waals surface area contributed by atoms with Gasteiger partial charge in [-0.15, -0.1) is 0 Å². The van der Waals surface area contributed by atoms with Crippen LogP contribution in [0.4, 0.5) is 0 Å². The Morgan fingerprint density at radius 1 is 0.968 bits per heavy atom. The molecule has 0 N–H and O–H groups in total. The van der Waals surface area contributed by atoms with Crippen LogP contribution in [-0.4, -0.2) is 38.7 Å². The van der Waals surface area contributed by atoms with Gasteiger partial charge in [-0.25, -0.2) is 0 Å². The summed E-state index contributed by atoms with van der Waals surface area (Å²) in [5, 5.41) is 5.52. The van der Waals surface area contributed by atoms with E-state index in [0.717, 1.165) is 49.0 Å². The van der Waals surface area contributed by atoms with E-state index in [-0.39, 0.29) is 5.91 Å². The molecule has 5 nitrogen and oxygen atoms in total. The smallest absolute Gasteiger partial charge is 0.254 e. The number of hydrogen-bond acceptors (Lipinski definition) is 3. The van der Waals surface area contributed by atoms with Crippen LogP contribution in [0.5, 0.6) is 0 Å². The van der Waals surface area contributed by atoms with Crippen molar-refractivity contribution in [3.8, 4) is 0 Å². The molecule has 156 valence electrons. The van der Waals surface area contributed by atoms with Crippen molar-refractivity contribution in [3.05, 3.63) is 95.9 Å². The van der Waals surface area contributed by atoms with E-state index in [4.69, 9.17) is 0 Å². The molecule has 1 fully saturated rings. The fourth-order valence-electron chi connectivity index (χ4n) is 4.68. The summed E-state index contributed by atoms with van der Waals surface area (Å²) in [6, 6.07) is 20.3. The number of fused-ring (bicyclic) bond motifs is 1. The van der Waals surface area contributed by atoms with Crippen molar-refractivity contribution in [1.82, 2.24) is 19.7 Å². The number of piperidine rings is 1. The second-order valence-corrected chi connectivity index (χ2v) is 8.31. The SMILES string of the molecule is O=C(c1ccccc1Cn1cccn1)N1CCCC(Cc2cccc3ncccc23)C1. The van der Waals surface area contributed by atoms with Crippen LogP contribution in [-0.2, 0) is 13.0 Å². The summed E-state index contributed by atoms with van der Waals surface area (Å²) in [4.78, 5) is 20.0. The number of carbonyl (C=O) groups is 1. The largest absolute Gasteiger partial charge is 0.338 e. The maximum absolute atomic E-state index is 13.4. The van der Waals surface area contributed by atoms with Crippen LogP contribution >= 0.6 is 0 Å². The van der Waals surface area contributed by atoms with Gasteiger partial charge in [-0.05, 0) is 60.6 Å². The number of likely N-dealkylation sites (tertiary alicyclic amines) is 1. The van der Waals surface area contributed by atoms with E-state index in [9.17, 15) is 4.79 Å². The first-order valence-corrected chi connectivity index (χ1v) is 10.9. The van der Waals surface area contributed by atoms with Gasteiger partial charge in [-0.1, -0.05) is 36.4 Å². The van der Waals surface area contributed by atoms with E-state index < -0.39 is 0 Å². The molecule has 3 heterocycles. The number of hydrogen-bond donors (Lipinski definition) is 0. The molecule has 31 heavy (non-hydrogen) atoms. The Morgan fingerprint density at radius 3 is 2.77 bits per heavy atom. The summed E-state index contributed by atoms with van der Waals surface area (Å²) in [6.45, 7) is 2.23. The first-order valence-electron chi connectivity index (χ1n) is 10.9. The van der Waals surface area contributed by atoms with E-state index in [0.29, 0.717) is 12.5 Å². The quantitative estimate of drug-likeness (QED) is 0.484. The van der Waals surface area contributed by atoms with Gasteiger partial charge in [0.25, 0.3) is 5.91 Å². The first kappa shape index (κ1) is 19.5. The van der Waals surface area contributed by atoms with E-state index in [1.54, 1.807) is 6.20 Å². The highest BCUT2D eigenvalue weighted by molar-refractivity contribution is 5.95. The molecular weight excluding hydrogens is 384 g/mol. The van der Waals surface area contributed by atoms with Crippen LogP contribution in [0.1, 0.15) is 34.3 Å². The molecule has 2 aromatic carbocycles. The number of carbonyl (C=O) groups excluding carboxylic acids is 1. The minimum atomic E-state index is 0.132. The lowest BCUT2D eigenvalue weighted by atomic mass is 9.89. The van der Waals surface area contributed by atoms with Gasteiger partial charge in [0.15, 0.2) is 0 Å². The van der Waals surface area contributed by atoms with E-state index >= 15 is 0 Å².